The van der Waals surface area contributed by atoms with Gasteiger partial charge in [0.05, 0.1) is 5.60 Å². The van der Waals surface area contributed by atoms with Crippen molar-refractivity contribution < 1.29 is 9.50 Å². The van der Waals surface area contributed by atoms with Crippen molar-refractivity contribution >= 4 is 0 Å². The average molecular weight is 238 g/mol. The summed E-state index contributed by atoms with van der Waals surface area (Å²) in [6.07, 6.45) is 3.42. The molecule has 0 aromatic heterocycles. The Labute approximate surface area is 104 Å². The van der Waals surface area contributed by atoms with Crippen LogP contribution in [0.2, 0.25) is 0 Å². The number of hydrogen-bond donors (Lipinski definition) is 1. The molecule has 0 fully saturated rings. The zero-order valence-electron chi connectivity index (χ0n) is 11.0. The van der Waals surface area contributed by atoms with Gasteiger partial charge in [0, 0.05) is 6.42 Å². The Morgan fingerprint density at radius 3 is 2.65 bits per heavy atom. The lowest BCUT2D eigenvalue weighted by atomic mass is 9.90. The van der Waals surface area contributed by atoms with Crippen LogP contribution in [0.25, 0.3) is 0 Å². The zero-order chi connectivity index (χ0) is 12.9. The van der Waals surface area contributed by atoms with Gasteiger partial charge in [-0.05, 0) is 37.0 Å². The Kier molecular flexibility index (Phi) is 5.13. The standard InChI is InChI=1S/C15H23FO/c1-12(2)6-5-9-15(3,17)11-13-7-4-8-14(16)10-13/h4,7-8,10,12,17H,5-6,9,11H2,1-3H3. The molecule has 0 aliphatic heterocycles. The second kappa shape index (κ2) is 6.15. The highest BCUT2D eigenvalue weighted by atomic mass is 19.1. The Balaban J connectivity index is 2.48. The van der Waals surface area contributed by atoms with Gasteiger partial charge in [-0.2, -0.15) is 0 Å². The Morgan fingerprint density at radius 2 is 2.06 bits per heavy atom. The van der Waals surface area contributed by atoms with Gasteiger partial charge in [-0.15, -0.1) is 0 Å². The van der Waals surface area contributed by atoms with Crippen molar-refractivity contribution in [3.05, 3.63) is 35.6 Å². The molecule has 1 atom stereocenters. The second-order valence-electron chi connectivity index (χ2n) is 5.59. The van der Waals surface area contributed by atoms with Crippen LogP contribution in [0, 0.1) is 11.7 Å². The minimum absolute atomic E-state index is 0.236. The molecule has 0 bridgehead atoms. The minimum Gasteiger partial charge on any atom is -0.390 e. The molecule has 1 unspecified atom stereocenters. The van der Waals surface area contributed by atoms with Gasteiger partial charge in [0.1, 0.15) is 5.82 Å². The van der Waals surface area contributed by atoms with Crippen molar-refractivity contribution in [2.24, 2.45) is 5.92 Å². The molecule has 1 rings (SSSR count). The number of benzene rings is 1. The average Bonchev–Trinajstić information content (AvgIpc) is 2.15. The molecule has 0 amide bonds. The van der Waals surface area contributed by atoms with Crippen molar-refractivity contribution in [3.8, 4) is 0 Å². The van der Waals surface area contributed by atoms with Gasteiger partial charge < -0.3 is 5.11 Å². The van der Waals surface area contributed by atoms with Crippen LogP contribution in [0.15, 0.2) is 24.3 Å². The summed E-state index contributed by atoms with van der Waals surface area (Å²) in [5.41, 5.74) is 0.127. The van der Waals surface area contributed by atoms with Crippen molar-refractivity contribution in [2.75, 3.05) is 0 Å². The van der Waals surface area contributed by atoms with E-state index in [-0.39, 0.29) is 5.82 Å². The van der Waals surface area contributed by atoms with E-state index >= 15 is 0 Å². The molecule has 0 aliphatic rings. The third-order valence-corrected chi connectivity index (χ3v) is 2.97. The van der Waals surface area contributed by atoms with E-state index in [0.29, 0.717) is 12.3 Å². The Hall–Kier alpha value is -0.890. The molecule has 17 heavy (non-hydrogen) atoms. The summed E-state index contributed by atoms with van der Waals surface area (Å²) in [6.45, 7) is 6.20. The van der Waals surface area contributed by atoms with Crippen molar-refractivity contribution in [1.29, 1.82) is 0 Å². The molecule has 0 aliphatic carbocycles. The van der Waals surface area contributed by atoms with E-state index in [1.54, 1.807) is 6.07 Å². The first-order valence-electron chi connectivity index (χ1n) is 6.36. The summed E-state index contributed by atoms with van der Waals surface area (Å²) >= 11 is 0. The van der Waals surface area contributed by atoms with E-state index < -0.39 is 5.60 Å². The molecule has 0 saturated carbocycles. The van der Waals surface area contributed by atoms with Crippen LogP contribution in [-0.2, 0) is 6.42 Å². The predicted octanol–water partition coefficient (Wildman–Crippen LogP) is 3.95. The molecule has 1 N–H and O–H groups in total. The highest BCUT2D eigenvalue weighted by Crippen LogP contribution is 2.21. The van der Waals surface area contributed by atoms with E-state index in [4.69, 9.17) is 0 Å². The minimum atomic E-state index is -0.733. The Morgan fingerprint density at radius 1 is 1.35 bits per heavy atom. The van der Waals surface area contributed by atoms with Crippen molar-refractivity contribution in [1.82, 2.24) is 0 Å². The quantitative estimate of drug-likeness (QED) is 0.795. The largest absolute Gasteiger partial charge is 0.390 e. The molecule has 96 valence electrons. The summed E-state index contributed by atoms with van der Waals surface area (Å²) in [5.74, 6) is 0.431. The van der Waals surface area contributed by atoms with Crippen LogP contribution < -0.4 is 0 Å². The van der Waals surface area contributed by atoms with E-state index in [2.05, 4.69) is 13.8 Å². The predicted molar refractivity (Wildman–Crippen MR) is 69.4 cm³/mol. The normalized spacial score (nSPS) is 14.9. The van der Waals surface area contributed by atoms with Crippen molar-refractivity contribution in [2.45, 2.75) is 52.1 Å². The maximum Gasteiger partial charge on any atom is 0.123 e. The highest BCUT2D eigenvalue weighted by Gasteiger charge is 2.20. The lowest BCUT2D eigenvalue weighted by Gasteiger charge is -2.23. The van der Waals surface area contributed by atoms with E-state index in [9.17, 15) is 9.50 Å². The lowest BCUT2D eigenvalue weighted by Crippen LogP contribution is -2.27. The maximum absolute atomic E-state index is 13.0. The van der Waals surface area contributed by atoms with Crippen LogP contribution in [0.5, 0.6) is 0 Å². The molecule has 1 aromatic carbocycles. The zero-order valence-corrected chi connectivity index (χ0v) is 11.0. The molecule has 2 heteroatoms. The molecular weight excluding hydrogens is 215 g/mol. The van der Waals surface area contributed by atoms with Gasteiger partial charge >= 0.3 is 0 Å². The molecule has 0 heterocycles. The van der Waals surface area contributed by atoms with Gasteiger partial charge in [0.2, 0.25) is 0 Å². The molecule has 0 saturated heterocycles. The van der Waals surface area contributed by atoms with E-state index in [1.807, 2.05) is 13.0 Å². The number of halogens is 1. The van der Waals surface area contributed by atoms with Gasteiger partial charge in [-0.3, -0.25) is 0 Å². The van der Waals surface area contributed by atoms with Crippen LogP contribution >= 0.6 is 0 Å². The highest BCUT2D eigenvalue weighted by molar-refractivity contribution is 5.18. The van der Waals surface area contributed by atoms with Crippen LogP contribution in [0.4, 0.5) is 4.39 Å². The fraction of sp³-hybridized carbons (Fsp3) is 0.600. The summed E-state index contributed by atoms with van der Waals surface area (Å²) in [5, 5.41) is 10.2. The number of hydrogen-bond acceptors (Lipinski definition) is 1. The van der Waals surface area contributed by atoms with Crippen LogP contribution in [0.1, 0.15) is 45.6 Å². The lowest BCUT2D eigenvalue weighted by molar-refractivity contribution is 0.0477. The molecule has 0 spiro atoms. The first-order valence-corrected chi connectivity index (χ1v) is 6.36. The number of aliphatic hydroxyl groups is 1. The summed E-state index contributed by atoms with van der Waals surface area (Å²) in [6, 6.07) is 6.47. The van der Waals surface area contributed by atoms with Crippen LogP contribution in [-0.4, -0.2) is 10.7 Å². The third-order valence-electron chi connectivity index (χ3n) is 2.97. The first-order chi connectivity index (χ1) is 7.89. The van der Waals surface area contributed by atoms with Gasteiger partial charge in [0.25, 0.3) is 0 Å². The molecule has 0 radical (unpaired) electrons. The van der Waals surface area contributed by atoms with Gasteiger partial charge in [-0.25, -0.2) is 4.39 Å². The molecule has 1 nitrogen and oxygen atoms in total. The summed E-state index contributed by atoms with van der Waals surface area (Å²) in [7, 11) is 0. The van der Waals surface area contributed by atoms with Crippen molar-refractivity contribution in [3.63, 3.8) is 0 Å². The number of rotatable bonds is 6. The monoisotopic (exact) mass is 238 g/mol. The smallest absolute Gasteiger partial charge is 0.123 e. The van der Waals surface area contributed by atoms with E-state index in [0.717, 1.165) is 24.8 Å². The van der Waals surface area contributed by atoms with E-state index in [1.165, 1.54) is 12.1 Å². The van der Waals surface area contributed by atoms with Gasteiger partial charge in [0.15, 0.2) is 0 Å². The fourth-order valence-electron chi connectivity index (χ4n) is 2.07. The fourth-order valence-corrected chi connectivity index (χ4v) is 2.07. The Bertz CT molecular complexity index is 345. The van der Waals surface area contributed by atoms with Crippen LogP contribution in [0.3, 0.4) is 0 Å². The summed E-state index contributed by atoms with van der Waals surface area (Å²) < 4.78 is 13.0. The molecule has 1 aromatic rings. The topological polar surface area (TPSA) is 20.2 Å². The second-order valence-corrected chi connectivity index (χ2v) is 5.59. The van der Waals surface area contributed by atoms with Gasteiger partial charge in [-0.1, -0.05) is 38.8 Å². The molecular formula is C15H23FO. The third kappa shape index (κ3) is 5.83. The first kappa shape index (κ1) is 14.2. The SMILES string of the molecule is CC(C)CCCC(C)(O)Cc1cccc(F)c1. The maximum atomic E-state index is 13.0. The summed E-state index contributed by atoms with van der Waals surface area (Å²) in [4.78, 5) is 0.